The summed E-state index contributed by atoms with van der Waals surface area (Å²) in [5.74, 6) is 0.288. The van der Waals surface area contributed by atoms with E-state index in [0.717, 1.165) is 14.0 Å². The molecule has 1 aromatic heterocycles. The van der Waals surface area contributed by atoms with Gasteiger partial charge in [0.1, 0.15) is 17.1 Å². The second-order valence-corrected chi connectivity index (χ2v) is 12.0. The van der Waals surface area contributed by atoms with Crippen LogP contribution in [0.2, 0.25) is 5.02 Å². The molecule has 2 aromatic rings. The summed E-state index contributed by atoms with van der Waals surface area (Å²) in [7, 11) is -1.24. The molecule has 1 amide bonds. The average Bonchev–Trinajstić information content (AvgIpc) is 3.13. The molecular formula is C23H32ClN5O5S. The molecule has 0 bridgehead atoms. The second kappa shape index (κ2) is 10.5. The largest absolute Gasteiger partial charge is 0.444 e. The molecule has 1 fully saturated rings. The van der Waals surface area contributed by atoms with Crippen molar-refractivity contribution in [2.75, 3.05) is 32.1 Å². The fraction of sp³-hybridized carbons (Fsp3) is 0.522. The van der Waals surface area contributed by atoms with E-state index < -0.39 is 21.9 Å². The van der Waals surface area contributed by atoms with Gasteiger partial charge in [0.25, 0.3) is 0 Å². The van der Waals surface area contributed by atoms with Gasteiger partial charge in [-0.05, 0) is 45.2 Å². The maximum absolute atomic E-state index is 13.2. The molecule has 1 saturated heterocycles. The third-order valence-corrected chi connectivity index (χ3v) is 7.50. The molecule has 12 heteroatoms. The molecule has 0 unspecified atom stereocenters. The van der Waals surface area contributed by atoms with Crippen molar-refractivity contribution in [1.29, 1.82) is 0 Å². The van der Waals surface area contributed by atoms with E-state index in [0.29, 0.717) is 42.8 Å². The standard InChI is InChI=1S/C23H32ClN5O5S/c1-23(2,3)34-22(31)25-17-10-8-12-28(14-17)21-18(13-16-9-6-7-11-19(16)24)20(15-30)26-29(21)35(32,33)27(4)5/h6-7,9,11,15,17H,8,10,12-14H2,1-5H3,(H,25,31)/t17-/m0/s1. The maximum atomic E-state index is 13.2. The van der Waals surface area contributed by atoms with Crippen LogP contribution in [0.25, 0.3) is 0 Å². The van der Waals surface area contributed by atoms with Crippen molar-refractivity contribution in [3.05, 3.63) is 46.1 Å². The maximum Gasteiger partial charge on any atom is 0.407 e. The summed E-state index contributed by atoms with van der Waals surface area (Å²) in [6.45, 7) is 6.20. The number of halogens is 1. The monoisotopic (exact) mass is 525 g/mol. The van der Waals surface area contributed by atoms with Crippen molar-refractivity contribution < 1.29 is 22.7 Å². The van der Waals surface area contributed by atoms with Crippen molar-refractivity contribution in [3.8, 4) is 0 Å². The van der Waals surface area contributed by atoms with Gasteiger partial charge in [0.15, 0.2) is 6.29 Å². The van der Waals surface area contributed by atoms with Gasteiger partial charge >= 0.3 is 16.3 Å². The third kappa shape index (κ3) is 6.33. The summed E-state index contributed by atoms with van der Waals surface area (Å²) in [5.41, 5.74) is 0.572. The molecule has 35 heavy (non-hydrogen) atoms. The number of carbonyl (C=O) groups is 2. The fourth-order valence-corrected chi connectivity index (χ4v) is 5.07. The number of carbonyl (C=O) groups excluding carboxylic acids is 2. The van der Waals surface area contributed by atoms with Gasteiger partial charge in [-0.1, -0.05) is 29.8 Å². The first-order chi connectivity index (χ1) is 16.3. The predicted molar refractivity (Wildman–Crippen MR) is 134 cm³/mol. The van der Waals surface area contributed by atoms with Gasteiger partial charge in [-0.2, -0.15) is 17.8 Å². The third-order valence-electron chi connectivity index (χ3n) is 5.52. The molecule has 0 radical (unpaired) electrons. The first-order valence-corrected chi connectivity index (χ1v) is 13.1. The van der Waals surface area contributed by atoms with Crippen LogP contribution < -0.4 is 10.2 Å². The zero-order chi connectivity index (χ0) is 26.0. The van der Waals surface area contributed by atoms with Gasteiger partial charge in [0.2, 0.25) is 0 Å². The van der Waals surface area contributed by atoms with Gasteiger partial charge in [0.05, 0.1) is 0 Å². The molecule has 1 aliphatic rings. The number of aldehydes is 1. The van der Waals surface area contributed by atoms with E-state index >= 15 is 0 Å². The number of anilines is 1. The number of alkyl carbamates (subject to hydrolysis) is 1. The van der Waals surface area contributed by atoms with Crippen LogP contribution in [0.3, 0.4) is 0 Å². The van der Waals surface area contributed by atoms with Crippen LogP contribution in [0.5, 0.6) is 0 Å². The molecular weight excluding hydrogens is 494 g/mol. The van der Waals surface area contributed by atoms with Crippen LogP contribution in [-0.4, -0.2) is 73.1 Å². The van der Waals surface area contributed by atoms with Crippen LogP contribution in [0.4, 0.5) is 10.6 Å². The van der Waals surface area contributed by atoms with Crippen LogP contribution in [0.15, 0.2) is 24.3 Å². The molecule has 0 aliphatic carbocycles. The van der Waals surface area contributed by atoms with Gasteiger partial charge < -0.3 is 15.0 Å². The number of hydrogen-bond acceptors (Lipinski definition) is 7. The lowest BCUT2D eigenvalue weighted by Gasteiger charge is -2.35. The first kappa shape index (κ1) is 27.0. The van der Waals surface area contributed by atoms with E-state index in [-0.39, 0.29) is 24.0 Å². The number of benzene rings is 1. The van der Waals surface area contributed by atoms with Gasteiger partial charge in [-0.15, -0.1) is 4.09 Å². The zero-order valence-electron chi connectivity index (χ0n) is 20.6. The Hall–Kier alpha value is -2.63. The van der Waals surface area contributed by atoms with Crippen LogP contribution in [0, 0.1) is 0 Å². The highest BCUT2D eigenvalue weighted by molar-refractivity contribution is 7.87. The first-order valence-electron chi connectivity index (χ1n) is 11.3. The Morgan fingerprint density at radius 1 is 1.31 bits per heavy atom. The summed E-state index contributed by atoms with van der Waals surface area (Å²) in [6.07, 6.45) is 1.62. The predicted octanol–water partition coefficient (Wildman–Crippen LogP) is 3.09. The van der Waals surface area contributed by atoms with E-state index in [9.17, 15) is 18.0 Å². The Bertz CT molecular complexity index is 1190. The summed E-state index contributed by atoms with van der Waals surface area (Å²) < 4.78 is 33.7. The summed E-state index contributed by atoms with van der Waals surface area (Å²) >= 11 is 6.37. The highest BCUT2D eigenvalue weighted by Crippen LogP contribution is 2.32. The summed E-state index contributed by atoms with van der Waals surface area (Å²) in [6, 6.07) is 6.90. The highest BCUT2D eigenvalue weighted by Gasteiger charge is 2.33. The smallest absolute Gasteiger partial charge is 0.407 e. The number of piperidine rings is 1. The molecule has 0 spiro atoms. The summed E-state index contributed by atoms with van der Waals surface area (Å²) in [5, 5.41) is 7.55. The van der Waals surface area contributed by atoms with E-state index in [2.05, 4.69) is 10.4 Å². The molecule has 0 saturated carbocycles. The highest BCUT2D eigenvalue weighted by atomic mass is 35.5. The topological polar surface area (TPSA) is 114 Å². The van der Waals surface area contributed by atoms with Crippen molar-refractivity contribution in [3.63, 3.8) is 0 Å². The number of aromatic nitrogens is 2. The Morgan fingerprint density at radius 3 is 2.60 bits per heavy atom. The van der Waals surface area contributed by atoms with Crippen molar-refractivity contribution in [2.45, 2.75) is 51.7 Å². The Kier molecular flexibility index (Phi) is 8.13. The lowest BCUT2D eigenvalue weighted by Crippen LogP contribution is -2.50. The van der Waals surface area contributed by atoms with E-state index in [1.807, 2.05) is 17.0 Å². The van der Waals surface area contributed by atoms with E-state index in [4.69, 9.17) is 16.3 Å². The van der Waals surface area contributed by atoms with E-state index in [1.165, 1.54) is 14.1 Å². The van der Waals surface area contributed by atoms with Crippen LogP contribution >= 0.6 is 11.6 Å². The van der Waals surface area contributed by atoms with Crippen LogP contribution in [0.1, 0.15) is 55.2 Å². The quantitative estimate of drug-likeness (QED) is 0.552. The molecule has 1 N–H and O–H groups in total. The molecule has 1 atom stereocenters. The van der Waals surface area contributed by atoms with Crippen LogP contribution in [-0.2, 0) is 21.4 Å². The lowest BCUT2D eigenvalue weighted by atomic mass is 10.0. The average molecular weight is 526 g/mol. The Balaban J connectivity index is 2.04. The minimum Gasteiger partial charge on any atom is -0.444 e. The molecule has 1 aliphatic heterocycles. The number of nitrogens with one attached hydrogen (secondary N) is 1. The number of ether oxygens (including phenoxy) is 1. The molecule has 1 aromatic carbocycles. The molecule has 10 nitrogen and oxygen atoms in total. The normalized spacial score (nSPS) is 16.9. The molecule has 192 valence electrons. The molecule has 3 rings (SSSR count). The fourth-order valence-electron chi connectivity index (χ4n) is 3.92. The second-order valence-electron chi connectivity index (χ2n) is 9.64. The minimum atomic E-state index is -4.04. The SMILES string of the molecule is CN(C)S(=O)(=O)n1nc(C=O)c(Cc2ccccc2Cl)c1N1CCC[C@H](NC(=O)OC(C)(C)C)C1. The van der Waals surface area contributed by atoms with Gasteiger partial charge in [-0.3, -0.25) is 4.79 Å². The zero-order valence-corrected chi connectivity index (χ0v) is 22.2. The number of rotatable bonds is 7. The minimum absolute atomic E-state index is 0.0209. The number of amides is 1. The van der Waals surface area contributed by atoms with Gasteiger partial charge in [-0.25, -0.2) is 4.79 Å². The van der Waals surface area contributed by atoms with Crippen molar-refractivity contribution >= 4 is 40.0 Å². The van der Waals surface area contributed by atoms with Gasteiger partial charge in [0, 0.05) is 50.2 Å². The number of hydrogen-bond donors (Lipinski definition) is 1. The lowest BCUT2D eigenvalue weighted by molar-refractivity contribution is 0.0499. The van der Waals surface area contributed by atoms with Crippen molar-refractivity contribution in [2.24, 2.45) is 0 Å². The molecule has 2 heterocycles. The van der Waals surface area contributed by atoms with E-state index in [1.54, 1.807) is 32.9 Å². The Labute approximate surface area is 211 Å². The Morgan fingerprint density at radius 2 is 2.00 bits per heavy atom. The van der Waals surface area contributed by atoms with Crippen molar-refractivity contribution in [1.82, 2.24) is 18.8 Å². The number of nitrogens with zero attached hydrogens (tertiary/aromatic N) is 4. The summed E-state index contributed by atoms with van der Waals surface area (Å²) in [4.78, 5) is 26.2.